The standard InChI is InChI=1S/C27H27N3O6S/c1-27(2,3)36-25(32)19-12-10-18(11-13-19)17-30-26(33)29(4)22-15-14-20(16-23(22)37(30,34)35)24(31)28-21-8-6-5-7-9-21/h5-16H,17H2,1-4H3,(H,28,31). The zero-order chi connectivity index (χ0) is 27.0. The van der Waals surface area contributed by atoms with Crippen molar-refractivity contribution in [3.05, 3.63) is 89.5 Å². The molecular formula is C27H27N3O6S. The summed E-state index contributed by atoms with van der Waals surface area (Å²) in [6, 6.07) is 18.4. The van der Waals surface area contributed by atoms with Gasteiger partial charge in [0.05, 0.1) is 17.8 Å². The molecule has 0 aromatic heterocycles. The number of carbonyl (C=O) groups is 3. The first-order valence-electron chi connectivity index (χ1n) is 11.5. The maximum Gasteiger partial charge on any atom is 0.338 e. The number of rotatable bonds is 5. The number of carbonyl (C=O) groups excluding carboxylic acids is 3. The van der Waals surface area contributed by atoms with Crippen LogP contribution >= 0.6 is 0 Å². The second kappa shape index (κ2) is 9.70. The molecule has 3 aromatic carbocycles. The average Bonchev–Trinajstić information content (AvgIpc) is 2.85. The minimum Gasteiger partial charge on any atom is -0.456 e. The molecule has 0 fully saturated rings. The number of hydrogen-bond donors (Lipinski definition) is 1. The van der Waals surface area contributed by atoms with Crippen molar-refractivity contribution in [1.82, 2.24) is 4.31 Å². The molecule has 3 amide bonds. The topological polar surface area (TPSA) is 113 Å². The van der Waals surface area contributed by atoms with Crippen molar-refractivity contribution in [2.45, 2.75) is 37.8 Å². The van der Waals surface area contributed by atoms with Gasteiger partial charge in [-0.2, -0.15) is 0 Å². The summed E-state index contributed by atoms with van der Waals surface area (Å²) < 4.78 is 33.1. The van der Waals surface area contributed by atoms with Crippen molar-refractivity contribution in [2.24, 2.45) is 0 Å². The number of urea groups is 1. The number of para-hydroxylation sites is 1. The van der Waals surface area contributed by atoms with Gasteiger partial charge in [-0.1, -0.05) is 30.3 Å². The van der Waals surface area contributed by atoms with Crippen LogP contribution in [-0.2, 0) is 21.3 Å². The molecule has 0 saturated heterocycles. The summed E-state index contributed by atoms with van der Waals surface area (Å²) in [7, 11) is -2.80. The van der Waals surface area contributed by atoms with E-state index in [0.717, 1.165) is 4.31 Å². The van der Waals surface area contributed by atoms with Crippen LogP contribution in [0.25, 0.3) is 0 Å². The van der Waals surface area contributed by atoms with E-state index in [2.05, 4.69) is 5.32 Å². The number of hydrogen-bond acceptors (Lipinski definition) is 6. The van der Waals surface area contributed by atoms with Crippen LogP contribution in [-0.4, -0.2) is 43.3 Å². The van der Waals surface area contributed by atoms with E-state index in [4.69, 9.17) is 4.74 Å². The Morgan fingerprint density at radius 2 is 1.54 bits per heavy atom. The van der Waals surface area contributed by atoms with E-state index < -0.39 is 33.5 Å². The highest BCUT2D eigenvalue weighted by Crippen LogP contribution is 2.35. The lowest BCUT2D eigenvalue weighted by Crippen LogP contribution is -2.48. The predicted octanol–water partition coefficient (Wildman–Crippen LogP) is 4.65. The molecule has 192 valence electrons. The molecule has 10 heteroatoms. The van der Waals surface area contributed by atoms with Crippen molar-refractivity contribution in [3.8, 4) is 0 Å². The summed E-state index contributed by atoms with van der Waals surface area (Å²) in [6.45, 7) is 5.03. The Balaban J connectivity index is 1.60. The summed E-state index contributed by atoms with van der Waals surface area (Å²) >= 11 is 0. The van der Waals surface area contributed by atoms with Gasteiger partial charge in [0.15, 0.2) is 0 Å². The first-order chi connectivity index (χ1) is 17.4. The number of ether oxygens (including phenoxy) is 1. The Morgan fingerprint density at radius 3 is 2.16 bits per heavy atom. The lowest BCUT2D eigenvalue weighted by Gasteiger charge is -2.34. The molecule has 4 rings (SSSR count). The maximum atomic E-state index is 13.5. The molecular weight excluding hydrogens is 494 g/mol. The number of nitrogens with zero attached hydrogens (tertiary/aromatic N) is 2. The van der Waals surface area contributed by atoms with Crippen LogP contribution in [0.15, 0.2) is 77.7 Å². The fourth-order valence-electron chi connectivity index (χ4n) is 3.76. The van der Waals surface area contributed by atoms with E-state index >= 15 is 0 Å². The zero-order valence-corrected chi connectivity index (χ0v) is 21.7. The molecule has 0 aliphatic carbocycles. The number of amides is 3. The highest BCUT2D eigenvalue weighted by Gasteiger charge is 2.40. The molecule has 1 aliphatic rings. The van der Waals surface area contributed by atoms with Crippen LogP contribution in [0.1, 0.15) is 47.1 Å². The number of benzene rings is 3. The van der Waals surface area contributed by atoms with E-state index in [9.17, 15) is 22.8 Å². The molecule has 1 aliphatic heterocycles. The minimum absolute atomic E-state index is 0.135. The number of nitrogens with one attached hydrogen (secondary N) is 1. The summed E-state index contributed by atoms with van der Waals surface area (Å²) in [4.78, 5) is 39.1. The minimum atomic E-state index is -4.27. The fourth-order valence-corrected chi connectivity index (χ4v) is 5.39. The predicted molar refractivity (Wildman–Crippen MR) is 139 cm³/mol. The summed E-state index contributed by atoms with van der Waals surface area (Å²) in [6.07, 6.45) is 0. The fraction of sp³-hybridized carbons (Fsp3) is 0.222. The van der Waals surface area contributed by atoms with Gasteiger partial charge < -0.3 is 10.1 Å². The van der Waals surface area contributed by atoms with E-state index in [1.54, 1.807) is 57.2 Å². The first-order valence-corrected chi connectivity index (χ1v) is 12.9. The van der Waals surface area contributed by atoms with Gasteiger partial charge in [0, 0.05) is 18.3 Å². The molecule has 37 heavy (non-hydrogen) atoms. The van der Waals surface area contributed by atoms with Crippen molar-refractivity contribution in [3.63, 3.8) is 0 Å². The molecule has 0 unspecified atom stereocenters. The quantitative estimate of drug-likeness (QED) is 0.489. The normalized spacial score (nSPS) is 14.6. The third-order valence-corrected chi connectivity index (χ3v) is 7.35. The number of esters is 1. The molecule has 0 spiro atoms. The van der Waals surface area contributed by atoms with Gasteiger partial charge in [-0.15, -0.1) is 0 Å². The molecule has 0 atom stereocenters. The summed E-state index contributed by atoms with van der Waals surface area (Å²) in [5.41, 5.74) is 1.03. The second-order valence-corrected chi connectivity index (χ2v) is 11.4. The summed E-state index contributed by atoms with van der Waals surface area (Å²) in [5.74, 6) is -0.983. The Hall–Kier alpha value is -4.18. The largest absolute Gasteiger partial charge is 0.456 e. The third-order valence-electron chi connectivity index (χ3n) is 5.60. The second-order valence-electron chi connectivity index (χ2n) is 9.55. The van der Waals surface area contributed by atoms with Crippen molar-refractivity contribution in [1.29, 1.82) is 0 Å². The third kappa shape index (κ3) is 5.49. The van der Waals surface area contributed by atoms with Crippen LogP contribution < -0.4 is 10.2 Å². The molecule has 0 bridgehead atoms. The first kappa shape index (κ1) is 25.9. The van der Waals surface area contributed by atoms with Crippen LogP contribution in [0.3, 0.4) is 0 Å². The Kier molecular flexibility index (Phi) is 6.79. The Morgan fingerprint density at radius 1 is 0.919 bits per heavy atom. The Labute approximate surface area is 215 Å². The van der Waals surface area contributed by atoms with Crippen molar-refractivity contribution < 1.29 is 27.5 Å². The van der Waals surface area contributed by atoms with E-state index in [1.165, 1.54) is 42.3 Å². The highest BCUT2D eigenvalue weighted by atomic mass is 32.2. The molecule has 1 heterocycles. The molecule has 1 N–H and O–H groups in total. The van der Waals surface area contributed by atoms with E-state index in [1.807, 2.05) is 6.07 Å². The van der Waals surface area contributed by atoms with Gasteiger partial charge in [-0.3, -0.25) is 9.69 Å². The van der Waals surface area contributed by atoms with Crippen molar-refractivity contribution >= 4 is 39.3 Å². The summed E-state index contributed by atoms with van der Waals surface area (Å²) in [5, 5.41) is 2.73. The van der Waals surface area contributed by atoms with Crippen LogP contribution in [0.2, 0.25) is 0 Å². The SMILES string of the molecule is CN1C(=O)N(Cc2ccc(C(=O)OC(C)(C)C)cc2)S(=O)(=O)c2cc(C(=O)Nc3ccccc3)ccc21. The van der Waals surface area contributed by atoms with Crippen LogP contribution in [0.5, 0.6) is 0 Å². The molecule has 0 radical (unpaired) electrons. The molecule has 0 saturated carbocycles. The number of fused-ring (bicyclic) bond motifs is 1. The lowest BCUT2D eigenvalue weighted by molar-refractivity contribution is 0.00693. The monoisotopic (exact) mass is 521 g/mol. The van der Waals surface area contributed by atoms with Gasteiger partial charge in [0.25, 0.3) is 15.9 Å². The smallest absolute Gasteiger partial charge is 0.338 e. The zero-order valence-electron chi connectivity index (χ0n) is 20.9. The van der Waals surface area contributed by atoms with Gasteiger partial charge in [0.1, 0.15) is 10.5 Å². The maximum absolute atomic E-state index is 13.5. The molecule has 9 nitrogen and oxygen atoms in total. The Bertz CT molecular complexity index is 1460. The van der Waals surface area contributed by atoms with Gasteiger partial charge in [0.2, 0.25) is 0 Å². The lowest BCUT2D eigenvalue weighted by atomic mass is 10.1. The van der Waals surface area contributed by atoms with E-state index in [0.29, 0.717) is 16.8 Å². The van der Waals surface area contributed by atoms with Gasteiger partial charge in [-0.05, 0) is 68.8 Å². The number of sulfonamides is 1. The molecule has 3 aromatic rings. The van der Waals surface area contributed by atoms with Crippen LogP contribution in [0.4, 0.5) is 16.2 Å². The van der Waals surface area contributed by atoms with Crippen LogP contribution in [0, 0.1) is 0 Å². The average molecular weight is 522 g/mol. The van der Waals surface area contributed by atoms with Crippen molar-refractivity contribution in [2.75, 3.05) is 17.3 Å². The van der Waals surface area contributed by atoms with Gasteiger partial charge in [-0.25, -0.2) is 22.3 Å². The van der Waals surface area contributed by atoms with Gasteiger partial charge >= 0.3 is 12.0 Å². The highest BCUT2D eigenvalue weighted by molar-refractivity contribution is 7.90. The number of anilines is 2. The van der Waals surface area contributed by atoms with E-state index in [-0.39, 0.29) is 22.7 Å².